The fourth-order valence-electron chi connectivity index (χ4n) is 2.73. The summed E-state index contributed by atoms with van der Waals surface area (Å²) in [4.78, 5) is 71.6. The third-order valence-corrected chi connectivity index (χ3v) is 7.10. The molecule has 0 aliphatic rings. The van der Waals surface area contributed by atoms with Gasteiger partial charge in [-0.05, 0) is 12.8 Å². The van der Waals surface area contributed by atoms with E-state index in [0.717, 1.165) is 27.4 Å². The van der Waals surface area contributed by atoms with Crippen LogP contribution in [0.2, 0.25) is 0 Å². The van der Waals surface area contributed by atoms with Crippen LogP contribution in [0, 0.1) is 0 Å². The first-order valence-electron chi connectivity index (χ1n) is 9.07. The van der Waals surface area contributed by atoms with E-state index in [-0.39, 0.29) is 13.1 Å². The van der Waals surface area contributed by atoms with Crippen molar-refractivity contribution < 1.29 is 0 Å². The van der Waals surface area contributed by atoms with Gasteiger partial charge in [0.15, 0.2) is 0 Å². The lowest BCUT2D eigenvalue weighted by molar-refractivity contribution is 0.500. The van der Waals surface area contributed by atoms with Crippen LogP contribution in [0.4, 0.5) is 0 Å². The minimum absolute atomic E-state index is 0.205. The van der Waals surface area contributed by atoms with Gasteiger partial charge in [-0.2, -0.15) is 0 Å². The van der Waals surface area contributed by atoms with Gasteiger partial charge in [-0.25, -0.2) is 56.2 Å². The fraction of sp³-hybridized carbons (Fsp3) is 0.625. The molecule has 0 amide bonds. The molecule has 2 aromatic heterocycles. The van der Waals surface area contributed by atoms with Crippen molar-refractivity contribution in [1.29, 1.82) is 0 Å². The number of hydrogen-bond acceptors (Lipinski definition) is 8. The summed E-state index contributed by atoms with van der Waals surface area (Å²) in [6, 6.07) is 0. The van der Waals surface area contributed by atoms with E-state index in [0.29, 0.717) is 24.3 Å². The molecule has 2 aromatic rings. The van der Waals surface area contributed by atoms with E-state index in [4.69, 9.17) is 0 Å². The van der Waals surface area contributed by atoms with E-state index < -0.39 is 34.1 Å². The van der Waals surface area contributed by atoms with Gasteiger partial charge in [0.1, 0.15) is 0 Å². The van der Waals surface area contributed by atoms with Crippen molar-refractivity contribution in [1.82, 2.24) is 27.4 Å². The van der Waals surface area contributed by atoms with Crippen molar-refractivity contribution in [3.63, 3.8) is 0 Å². The van der Waals surface area contributed by atoms with Crippen LogP contribution in [0.3, 0.4) is 0 Å². The van der Waals surface area contributed by atoms with Crippen molar-refractivity contribution in [3.8, 4) is 0 Å². The van der Waals surface area contributed by atoms with E-state index in [1.54, 1.807) is 21.6 Å². The number of rotatable bonds is 9. The third kappa shape index (κ3) is 4.80. The molecular formula is C16H24N6O6S2. The summed E-state index contributed by atoms with van der Waals surface area (Å²) in [5, 5.41) is 0. The van der Waals surface area contributed by atoms with Gasteiger partial charge in [0, 0.05) is 52.8 Å². The summed E-state index contributed by atoms with van der Waals surface area (Å²) < 4.78 is 5.66. The monoisotopic (exact) mass is 460 g/mol. The highest BCUT2D eigenvalue weighted by Gasteiger charge is 2.11. The van der Waals surface area contributed by atoms with Gasteiger partial charge in [0.25, 0.3) is 0 Å². The lowest BCUT2D eigenvalue weighted by Crippen LogP contribution is -2.52. The lowest BCUT2D eigenvalue weighted by Gasteiger charge is -2.09. The van der Waals surface area contributed by atoms with Gasteiger partial charge in [-0.3, -0.25) is 0 Å². The van der Waals surface area contributed by atoms with Crippen LogP contribution in [0.25, 0.3) is 0 Å². The molecule has 0 N–H and O–H groups in total. The molecule has 0 atom stereocenters. The molecule has 2 heterocycles. The van der Waals surface area contributed by atoms with Crippen molar-refractivity contribution in [2.24, 2.45) is 28.2 Å². The molecule has 30 heavy (non-hydrogen) atoms. The Morgan fingerprint density at radius 1 is 0.500 bits per heavy atom. The molecule has 12 nitrogen and oxygen atoms in total. The Morgan fingerprint density at radius 3 is 1.03 bits per heavy atom. The Morgan fingerprint density at radius 2 is 0.767 bits per heavy atom. The van der Waals surface area contributed by atoms with Crippen molar-refractivity contribution in [3.05, 3.63) is 62.9 Å². The Labute approximate surface area is 177 Å². The summed E-state index contributed by atoms with van der Waals surface area (Å²) in [7, 11) is 8.40. The van der Waals surface area contributed by atoms with Crippen LogP contribution < -0.4 is 34.1 Å². The summed E-state index contributed by atoms with van der Waals surface area (Å²) in [5.74, 6) is 1.34. The molecule has 0 aromatic carbocycles. The van der Waals surface area contributed by atoms with Crippen LogP contribution in [-0.4, -0.2) is 38.9 Å². The lowest BCUT2D eigenvalue weighted by atomic mass is 10.5. The minimum Gasteiger partial charge on any atom is -0.248 e. The second kappa shape index (κ2) is 10.0. The zero-order valence-electron chi connectivity index (χ0n) is 17.2. The van der Waals surface area contributed by atoms with Crippen LogP contribution >= 0.6 is 21.6 Å². The first-order chi connectivity index (χ1) is 14.1. The van der Waals surface area contributed by atoms with Crippen LogP contribution in [0.5, 0.6) is 0 Å². The molecule has 0 aliphatic carbocycles. The van der Waals surface area contributed by atoms with Crippen LogP contribution in [0.1, 0.15) is 12.8 Å². The topological polar surface area (TPSA) is 132 Å². The predicted octanol–water partition coefficient (Wildman–Crippen LogP) is -2.33. The molecular weight excluding hydrogens is 436 g/mol. The van der Waals surface area contributed by atoms with Crippen LogP contribution in [-0.2, 0) is 41.3 Å². The number of aromatic nitrogens is 6. The molecule has 0 aliphatic heterocycles. The average Bonchev–Trinajstić information content (AvgIpc) is 2.73. The Hall–Kier alpha value is -2.48. The SMILES string of the molecule is Cn1c(=O)n(C)c(=O)n(CCCSSCCCn2c(=O)n(C)c(=O)n(C)c2=O)c1=O. The van der Waals surface area contributed by atoms with Crippen molar-refractivity contribution >= 4 is 21.6 Å². The molecule has 166 valence electrons. The van der Waals surface area contributed by atoms with Gasteiger partial charge in [-0.15, -0.1) is 0 Å². The van der Waals surface area contributed by atoms with E-state index in [2.05, 4.69) is 0 Å². The van der Waals surface area contributed by atoms with Crippen LogP contribution in [0.15, 0.2) is 28.8 Å². The molecule has 0 saturated heterocycles. The van der Waals surface area contributed by atoms with Gasteiger partial charge in [-0.1, -0.05) is 21.6 Å². The fourth-order valence-corrected chi connectivity index (χ4v) is 4.87. The smallest absolute Gasteiger partial charge is 0.248 e. The first-order valence-corrected chi connectivity index (χ1v) is 11.6. The normalized spacial score (nSPS) is 11.2. The van der Waals surface area contributed by atoms with E-state index >= 15 is 0 Å². The average molecular weight is 461 g/mol. The molecule has 0 bridgehead atoms. The largest absolute Gasteiger partial charge is 0.336 e. The minimum atomic E-state index is -0.654. The summed E-state index contributed by atoms with van der Waals surface area (Å²) in [5.41, 5.74) is -3.85. The number of hydrogen-bond donors (Lipinski definition) is 0. The third-order valence-electron chi connectivity index (χ3n) is 4.52. The van der Waals surface area contributed by atoms with Crippen molar-refractivity contribution in [2.75, 3.05) is 11.5 Å². The standard InChI is InChI=1S/C16H24N6O6S2/c1-17-11(23)18(2)14(26)21(13(17)25)7-5-9-29-30-10-6-8-22-15(27)19(3)12(24)20(4)16(22)28/h5-10H2,1-4H3. The second-order valence-corrected chi connectivity index (χ2v) is 9.29. The van der Waals surface area contributed by atoms with Gasteiger partial charge in [0.2, 0.25) is 0 Å². The van der Waals surface area contributed by atoms with Crippen molar-refractivity contribution in [2.45, 2.75) is 25.9 Å². The maximum atomic E-state index is 12.1. The molecule has 0 spiro atoms. The molecule has 0 radical (unpaired) electrons. The second-order valence-electron chi connectivity index (χ2n) is 6.59. The van der Waals surface area contributed by atoms with E-state index in [1.807, 2.05) is 0 Å². The van der Waals surface area contributed by atoms with Gasteiger partial charge < -0.3 is 0 Å². The highest BCUT2D eigenvalue weighted by Crippen LogP contribution is 2.22. The highest BCUT2D eigenvalue weighted by molar-refractivity contribution is 8.76. The Balaban J connectivity index is 1.81. The Bertz CT molecular complexity index is 1100. The molecule has 0 unspecified atom stereocenters. The number of nitrogens with zero attached hydrogens (tertiary/aromatic N) is 6. The van der Waals surface area contributed by atoms with E-state index in [1.165, 1.54) is 28.2 Å². The van der Waals surface area contributed by atoms with Gasteiger partial charge in [0.05, 0.1) is 0 Å². The zero-order valence-corrected chi connectivity index (χ0v) is 18.8. The maximum Gasteiger partial charge on any atom is 0.336 e. The highest BCUT2D eigenvalue weighted by atomic mass is 33.1. The van der Waals surface area contributed by atoms with E-state index in [9.17, 15) is 28.8 Å². The Kier molecular flexibility index (Phi) is 7.95. The summed E-state index contributed by atoms with van der Waals surface area (Å²) in [6.07, 6.45) is 1.12. The summed E-state index contributed by atoms with van der Waals surface area (Å²) >= 11 is 0. The molecule has 2 rings (SSSR count). The van der Waals surface area contributed by atoms with Gasteiger partial charge >= 0.3 is 34.1 Å². The molecule has 0 fully saturated rings. The quantitative estimate of drug-likeness (QED) is 0.301. The predicted molar refractivity (Wildman–Crippen MR) is 117 cm³/mol. The summed E-state index contributed by atoms with van der Waals surface area (Å²) in [6.45, 7) is 0.410. The maximum absolute atomic E-state index is 12.1. The zero-order chi connectivity index (χ0) is 22.6. The molecule has 0 saturated carbocycles. The molecule has 14 heteroatoms. The first kappa shape index (κ1) is 23.8.